The lowest BCUT2D eigenvalue weighted by Crippen LogP contribution is -2.41. The zero-order chi connectivity index (χ0) is 21.5. The lowest BCUT2D eigenvalue weighted by Gasteiger charge is -2.32. The summed E-state index contributed by atoms with van der Waals surface area (Å²) in [6, 6.07) is 8.50. The van der Waals surface area contributed by atoms with Gasteiger partial charge in [-0.1, -0.05) is 24.3 Å². The molecule has 1 aromatic carbocycles. The van der Waals surface area contributed by atoms with Gasteiger partial charge in [-0.2, -0.15) is 4.98 Å². The van der Waals surface area contributed by atoms with Crippen molar-refractivity contribution in [1.29, 1.82) is 0 Å². The maximum absolute atomic E-state index is 11.7. The van der Waals surface area contributed by atoms with Crippen LogP contribution in [0.1, 0.15) is 56.6 Å². The Morgan fingerprint density at radius 2 is 1.83 bits per heavy atom. The summed E-state index contributed by atoms with van der Waals surface area (Å²) in [6.45, 7) is 5.40. The van der Waals surface area contributed by atoms with Gasteiger partial charge >= 0.3 is 0 Å². The first-order chi connectivity index (χ1) is 14.1. The van der Waals surface area contributed by atoms with Crippen LogP contribution in [0.15, 0.2) is 35.6 Å². The molecule has 0 bridgehead atoms. The number of anilines is 1. The first-order valence-electron chi connectivity index (χ1n) is 10.4. The fourth-order valence-corrected chi connectivity index (χ4v) is 5.90. The van der Waals surface area contributed by atoms with Crippen LogP contribution in [0.3, 0.4) is 0 Å². The predicted octanol–water partition coefficient (Wildman–Crippen LogP) is 4.52. The van der Waals surface area contributed by atoms with Crippen LogP contribution in [0.2, 0.25) is 0 Å². The van der Waals surface area contributed by atoms with Crippen molar-refractivity contribution in [2.24, 2.45) is 10.9 Å². The van der Waals surface area contributed by atoms with Crippen molar-refractivity contribution in [2.75, 3.05) is 18.6 Å². The van der Waals surface area contributed by atoms with E-state index in [0.29, 0.717) is 35.4 Å². The number of aliphatic imine (C=N–C) groups is 1. The molecule has 160 valence electrons. The zero-order valence-corrected chi connectivity index (χ0v) is 18.6. The number of nitrogens with two attached hydrogens (primary N) is 1. The lowest BCUT2D eigenvalue weighted by molar-refractivity contribution is 0.171. The van der Waals surface area contributed by atoms with Gasteiger partial charge in [-0.05, 0) is 56.9 Å². The summed E-state index contributed by atoms with van der Waals surface area (Å²) in [7, 11) is -2.93. The molecule has 0 spiro atoms. The largest absolute Gasteiger partial charge is 0.463 e. The number of benzene rings is 1. The van der Waals surface area contributed by atoms with Gasteiger partial charge in [-0.15, -0.1) is 0 Å². The van der Waals surface area contributed by atoms with E-state index in [9.17, 15) is 9.46 Å². The summed E-state index contributed by atoms with van der Waals surface area (Å²) in [6.07, 6.45) is 5.96. The van der Waals surface area contributed by atoms with Gasteiger partial charge in [0.2, 0.25) is 5.88 Å². The molecule has 7 nitrogen and oxygen atoms in total. The minimum absolute atomic E-state index is 0.306. The average Bonchev–Trinajstić information content (AvgIpc) is 2.67. The number of hydrogen-bond donors (Lipinski definition) is 2. The number of aromatic nitrogens is 2. The summed E-state index contributed by atoms with van der Waals surface area (Å²) in [5, 5.41) is 0. The second-order valence-electron chi connectivity index (χ2n) is 9.06. The fourth-order valence-electron chi connectivity index (χ4n) is 4.57. The van der Waals surface area contributed by atoms with E-state index in [1.165, 1.54) is 18.6 Å². The van der Waals surface area contributed by atoms with Gasteiger partial charge in [0, 0.05) is 18.4 Å². The first-order valence-corrected chi connectivity index (χ1v) is 12.7. The van der Waals surface area contributed by atoms with E-state index in [-0.39, 0.29) is 0 Å². The maximum Gasteiger partial charge on any atom is 0.246 e. The Hall–Kier alpha value is -2.24. The van der Waals surface area contributed by atoms with Gasteiger partial charge in [0.25, 0.3) is 0 Å². The first kappa shape index (κ1) is 21.0. The number of hydrogen-bond acceptors (Lipinski definition) is 6. The molecule has 0 saturated heterocycles. The summed E-state index contributed by atoms with van der Waals surface area (Å²) in [5.41, 5.74) is 8.90. The second kappa shape index (κ2) is 7.78. The van der Waals surface area contributed by atoms with Crippen LogP contribution in [0.4, 0.5) is 11.5 Å². The van der Waals surface area contributed by atoms with Crippen molar-refractivity contribution in [3.8, 4) is 5.88 Å². The van der Waals surface area contributed by atoms with Crippen LogP contribution >= 0.6 is 7.37 Å². The Kier molecular flexibility index (Phi) is 5.45. The van der Waals surface area contributed by atoms with Crippen molar-refractivity contribution in [2.45, 2.75) is 51.0 Å². The predicted molar refractivity (Wildman–Crippen MR) is 119 cm³/mol. The number of nitrogens with zero attached hydrogens (tertiary/aromatic N) is 3. The third kappa shape index (κ3) is 4.42. The van der Waals surface area contributed by atoms with E-state index in [0.717, 1.165) is 37.0 Å². The van der Waals surface area contributed by atoms with E-state index in [4.69, 9.17) is 15.5 Å². The molecule has 0 radical (unpaired) electrons. The monoisotopic (exact) mass is 428 g/mol. The zero-order valence-electron chi connectivity index (χ0n) is 17.7. The number of nitrogen functional groups attached to an aromatic ring is 1. The minimum atomic E-state index is -2.93. The molecule has 1 saturated carbocycles. The highest BCUT2D eigenvalue weighted by molar-refractivity contribution is 7.57. The molecule has 30 heavy (non-hydrogen) atoms. The van der Waals surface area contributed by atoms with Crippen LogP contribution < -0.4 is 10.5 Å². The molecule has 1 atom stereocenters. The molecule has 1 aliphatic heterocycles. The van der Waals surface area contributed by atoms with Crippen molar-refractivity contribution in [3.05, 3.63) is 41.7 Å². The van der Waals surface area contributed by atoms with Crippen LogP contribution in [0, 0.1) is 5.92 Å². The van der Waals surface area contributed by atoms with Crippen molar-refractivity contribution in [1.82, 2.24) is 9.97 Å². The standard InChI is InChI=1S/C22H29N4O3P/c1-22(2)19(26-18-20(23)24-13-25-21(18)29-22)17-10-8-16(9-11-17)15-6-4-14(5-7-15)12-30(3,27)28/h8-11,13-15H,4-7,12H2,1-3H3,(H,27,28)(H2,23,24,25). The lowest BCUT2D eigenvalue weighted by atomic mass is 9.79. The van der Waals surface area contributed by atoms with E-state index in [2.05, 4.69) is 34.2 Å². The number of ether oxygens (including phenoxy) is 1. The molecule has 3 N–H and O–H groups in total. The average molecular weight is 428 g/mol. The van der Waals surface area contributed by atoms with Crippen LogP contribution in [-0.4, -0.2) is 39.0 Å². The Labute approximate surface area is 177 Å². The highest BCUT2D eigenvalue weighted by atomic mass is 31.2. The van der Waals surface area contributed by atoms with Crippen LogP contribution in [-0.2, 0) is 4.57 Å². The molecule has 4 rings (SSSR count). The van der Waals surface area contributed by atoms with Gasteiger partial charge in [0.1, 0.15) is 11.9 Å². The third-order valence-electron chi connectivity index (χ3n) is 6.06. The SMILES string of the molecule is CC1(C)Oc2ncnc(N)c2N=C1c1ccc(C2CCC(CP(C)(=O)O)CC2)cc1. The number of rotatable bonds is 4. The van der Waals surface area contributed by atoms with E-state index in [1.54, 1.807) is 0 Å². The van der Waals surface area contributed by atoms with Gasteiger partial charge in [0.15, 0.2) is 18.9 Å². The molecule has 2 aliphatic rings. The Balaban J connectivity index is 1.52. The molecule has 1 unspecified atom stereocenters. The number of fused-ring (bicyclic) bond motifs is 1. The van der Waals surface area contributed by atoms with Crippen molar-refractivity contribution >= 4 is 24.6 Å². The summed E-state index contributed by atoms with van der Waals surface area (Å²) < 4.78 is 17.8. The van der Waals surface area contributed by atoms with E-state index < -0.39 is 13.0 Å². The molecule has 1 aromatic heterocycles. The Morgan fingerprint density at radius 3 is 2.47 bits per heavy atom. The van der Waals surface area contributed by atoms with E-state index >= 15 is 0 Å². The van der Waals surface area contributed by atoms with Gasteiger partial charge in [0.05, 0.1) is 5.71 Å². The highest BCUT2D eigenvalue weighted by Gasteiger charge is 2.35. The van der Waals surface area contributed by atoms with Crippen molar-refractivity contribution < 1.29 is 14.2 Å². The van der Waals surface area contributed by atoms with Gasteiger partial charge < -0.3 is 15.4 Å². The van der Waals surface area contributed by atoms with Gasteiger partial charge in [-0.3, -0.25) is 4.57 Å². The molecule has 8 heteroatoms. The molecular weight excluding hydrogens is 399 g/mol. The maximum atomic E-state index is 11.7. The van der Waals surface area contributed by atoms with E-state index in [1.807, 2.05) is 13.8 Å². The summed E-state index contributed by atoms with van der Waals surface area (Å²) >= 11 is 0. The van der Waals surface area contributed by atoms with Gasteiger partial charge in [-0.25, -0.2) is 9.98 Å². The Bertz CT molecular complexity index is 1010. The highest BCUT2D eigenvalue weighted by Crippen LogP contribution is 2.44. The topological polar surface area (TPSA) is 111 Å². The smallest absolute Gasteiger partial charge is 0.246 e. The van der Waals surface area contributed by atoms with Crippen LogP contribution in [0.5, 0.6) is 5.88 Å². The van der Waals surface area contributed by atoms with Crippen LogP contribution in [0.25, 0.3) is 0 Å². The summed E-state index contributed by atoms with van der Waals surface area (Å²) in [4.78, 5) is 22.6. The summed E-state index contributed by atoms with van der Waals surface area (Å²) in [5.74, 6) is 1.57. The molecule has 0 amide bonds. The fraction of sp³-hybridized carbons (Fsp3) is 0.500. The molecule has 1 aliphatic carbocycles. The molecule has 2 aromatic rings. The second-order valence-corrected chi connectivity index (χ2v) is 11.5. The normalized spacial score (nSPS) is 24.9. The molecule has 1 fully saturated rings. The molecule has 2 heterocycles. The van der Waals surface area contributed by atoms with Crippen molar-refractivity contribution in [3.63, 3.8) is 0 Å². The third-order valence-corrected chi connectivity index (χ3v) is 7.26. The Morgan fingerprint density at radius 1 is 1.17 bits per heavy atom. The minimum Gasteiger partial charge on any atom is -0.463 e. The molecular formula is C22H29N4O3P. The quantitative estimate of drug-likeness (QED) is 0.693.